The van der Waals surface area contributed by atoms with Gasteiger partial charge in [-0.3, -0.25) is 14.1 Å². The first-order valence-electron chi connectivity index (χ1n) is 21.3. The molecule has 2 unspecified atom stereocenters. The first-order valence-corrected chi connectivity index (χ1v) is 22.8. The van der Waals surface area contributed by atoms with Crippen molar-refractivity contribution >= 4 is 19.8 Å². The van der Waals surface area contributed by atoms with Crippen molar-refractivity contribution in [2.24, 2.45) is 5.92 Å². The third kappa shape index (κ3) is 38.5. The van der Waals surface area contributed by atoms with E-state index in [4.69, 9.17) is 19.3 Å². The van der Waals surface area contributed by atoms with Crippen LogP contribution in [0.1, 0.15) is 188 Å². The molecule has 0 aliphatic rings. The third-order valence-electron chi connectivity index (χ3n) is 9.29. The minimum atomic E-state index is -4.82. The second-order valence-electron chi connectivity index (χ2n) is 15.1. The van der Waals surface area contributed by atoms with Crippen LogP contribution in [0.4, 0.5) is 0 Å². The Bertz CT molecular complexity index is 1020. The maximum atomic E-state index is 12.4. The molecule has 10 nitrogen and oxygen atoms in total. The summed E-state index contributed by atoms with van der Waals surface area (Å²) < 4.78 is 26.2. The van der Waals surface area contributed by atoms with Crippen LogP contribution >= 0.6 is 7.82 Å². The van der Waals surface area contributed by atoms with Crippen molar-refractivity contribution in [3.05, 3.63) is 36.5 Å². The monoisotopic (exact) mass is 787 g/mol. The van der Waals surface area contributed by atoms with Gasteiger partial charge < -0.3 is 29.5 Å². The number of phosphoric ester groups is 1. The number of carbonyl (C=O) groups is 2. The quantitative estimate of drug-likeness (QED) is 0.0205. The van der Waals surface area contributed by atoms with Crippen molar-refractivity contribution in [2.45, 2.75) is 206 Å². The molecule has 0 spiro atoms. The summed E-state index contributed by atoms with van der Waals surface area (Å²) in [6.07, 6.45) is 34.7. The van der Waals surface area contributed by atoms with Crippen LogP contribution in [0.3, 0.4) is 0 Å². The molecule has 0 saturated carbocycles. The maximum Gasteiger partial charge on any atom is 0.469 e. The summed E-state index contributed by atoms with van der Waals surface area (Å²) in [5.74, 6) is -0.348. The molecule has 0 rings (SSSR count). The van der Waals surface area contributed by atoms with Crippen LogP contribution in [0.2, 0.25) is 0 Å². The van der Waals surface area contributed by atoms with Crippen molar-refractivity contribution in [2.75, 3.05) is 13.2 Å². The van der Waals surface area contributed by atoms with E-state index < -0.39 is 51.3 Å². The Balaban J connectivity index is 4.14. The van der Waals surface area contributed by atoms with Gasteiger partial charge in [0, 0.05) is 12.8 Å². The summed E-state index contributed by atoms with van der Waals surface area (Å²) in [5.41, 5.74) is 0. The SMILES string of the molecule is CCCCC/C=C\C/C=C\C/C=C\CC(O)C(O)CCCC(=O)OC[C@H](COP(=O)(O)O)OC(=O)CCCCCCCCCCCCCCCCC(C)C. The molecule has 0 aliphatic heterocycles. The second-order valence-corrected chi connectivity index (χ2v) is 16.3. The summed E-state index contributed by atoms with van der Waals surface area (Å²) in [6.45, 7) is 5.74. The van der Waals surface area contributed by atoms with E-state index in [2.05, 4.69) is 49.6 Å². The fourth-order valence-electron chi connectivity index (χ4n) is 5.96. The number of rotatable bonds is 38. The lowest BCUT2D eigenvalue weighted by Crippen LogP contribution is -2.29. The molecule has 0 aromatic rings. The average molecular weight is 787 g/mol. The number of carbonyl (C=O) groups excluding carboxylic acids is 2. The van der Waals surface area contributed by atoms with Gasteiger partial charge in [0.1, 0.15) is 6.61 Å². The van der Waals surface area contributed by atoms with Gasteiger partial charge in [-0.15, -0.1) is 0 Å². The van der Waals surface area contributed by atoms with Crippen LogP contribution in [0.25, 0.3) is 0 Å². The first kappa shape index (κ1) is 52.2. The first-order chi connectivity index (χ1) is 25.9. The van der Waals surface area contributed by atoms with Crippen LogP contribution in [-0.4, -0.2) is 63.5 Å². The van der Waals surface area contributed by atoms with Gasteiger partial charge in [0.25, 0.3) is 0 Å². The van der Waals surface area contributed by atoms with Crippen LogP contribution in [0.15, 0.2) is 36.5 Å². The summed E-state index contributed by atoms with van der Waals surface area (Å²) in [7, 11) is -4.82. The zero-order valence-corrected chi connectivity index (χ0v) is 35.2. The van der Waals surface area contributed by atoms with Gasteiger partial charge in [-0.1, -0.05) is 160 Å². The Labute approximate surface area is 328 Å². The Morgan fingerprint density at radius 3 is 1.67 bits per heavy atom. The van der Waals surface area contributed by atoms with Gasteiger partial charge in [-0.05, 0) is 57.3 Å². The van der Waals surface area contributed by atoms with Crippen molar-refractivity contribution in [3.63, 3.8) is 0 Å². The molecule has 0 aromatic heterocycles. The lowest BCUT2D eigenvalue weighted by atomic mass is 10.0. The van der Waals surface area contributed by atoms with Crippen LogP contribution in [0, 0.1) is 5.92 Å². The normalized spacial score (nSPS) is 14.1. The van der Waals surface area contributed by atoms with E-state index in [1.54, 1.807) is 0 Å². The van der Waals surface area contributed by atoms with Crippen LogP contribution < -0.4 is 0 Å². The molecule has 4 N–H and O–H groups in total. The molecule has 0 amide bonds. The summed E-state index contributed by atoms with van der Waals surface area (Å²) in [4.78, 5) is 42.9. The predicted octanol–water partition coefficient (Wildman–Crippen LogP) is 10.8. The Morgan fingerprint density at radius 1 is 0.593 bits per heavy atom. The number of esters is 2. The number of ether oxygens (including phenoxy) is 2. The zero-order valence-electron chi connectivity index (χ0n) is 34.3. The highest BCUT2D eigenvalue weighted by molar-refractivity contribution is 7.46. The highest BCUT2D eigenvalue weighted by Crippen LogP contribution is 2.36. The molecule has 316 valence electrons. The summed E-state index contributed by atoms with van der Waals surface area (Å²) in [6, 6.07) is 0. The Morgan fingerprint density at radius 2 is 1.11 bits per heavy atom. The Kier molecular flexibility index (Phi) is 35.6. The topological polar surface area (TPSA) is 160 Å². The molecule has 0 saturated heterocycles. The van der Waals surface area contributed by atoms with Gasteiger partial charge in [0.05, 0.1) is 18.8 Å². The number of aliphatic hydroxyl groups is 2. The standard InChI is InChI=1S/C43H79O10P/c1-4-5-6-7-8-9-10-16-19-22-25-28-32-40(44)41(45)33-30-35-42(46)51-36-39(37-52-54(48,49)50)53-43(47)34-29-26-23-20-17-14-12-11-13-15-18-21-24-27-31-38(2)3/h8-9,16,19,25,28,38-41,44-45H,4-7,10-15,17-18,20-24,26-27,29-37H2,1-3H3,(H2,48,49,50)/b9-8-,19-16-,28-25-/t39-,40?,41?/m1/s1. The van der Waals surface area contributed by atoms with E-state index in [9.17, 15) is 24.4 Å². The average Bonchev–Trinajstić information content (AvgIpc) is 3.12. The van der Waals surface area contributed by atoms with E-state index in [1.807, 2.05) is 12.2 Å². The highest BCUT2D eigenvalue weighted by Gasteiger charge is 2.23. The molecule has 54 heavy (non-hydrogen) atoms. The van der Waals surface area contributed by atoms with Gasteiger partial charge in [-0.2, -0.15) is 0 Å². The molecule has 0 radical (unpaired) electrons. The number of hydrogen-bond acceptors (Lipinski definition) is 8. The molecular formula is C43H79O10P. The van der Waals surface area contributed by atoms with Crippen LogP contribution in [0.5, 0.6) is 0 Å². The fourth-order valence-corrected chi connectivity index (χ4v) is 6.32. The van der Waals surface area contributed by atoms with Gasteiger partial charge >= 0.3 is 19.8 Å². The van der Waals surface area contributed by atoms with Gasteiger partial charge in [0.15, 0.2) is 6.10 Å². The van der Waals surface area contributed by atoms with Crippen LogP contribution in [-0.2, 0) is 28.2 Å². The molecule has 3 atom stereocenters. The third-order valence-corrected chi connectivity index (χ3v) is 9.78. The van der Waals surface area contributed by atoms with Gasteiger partial charge in [0.2, 0.25) is 0 Å². The van der Waals surface area contributed by atoms with Crippen molar-refractivity contribution < 1.29 is 48.2 Å². The van der Waals surface area contributed by atoms with Crippen molar-refractivity contribution in [3.8, 4) is 0 Å². The number of allylic oxidation sites excluding steroid dienone is 5. The molecule has 0 heterocycles. The van der Waals surface area contributed by atoms with E-state index in [1.165, 1.54) is 89.9 Å². The van der Waals surface area contributed by atoms with Crippen molar-refractivity contribution in [1.29, 1.82) is 0 Å². The molecule has 0 aliphatic carbocycles. The minimum Gasteiger partial charge on any atom is -0.462 e. The van der Waals surface area contributed by atoms with Gasteiger partial charge in [-0.25, -0.2) is 4.57 Å². The second kappa shape index (κ2) is 36.8. The number of hydrogen-bond donors (Lipinski definition) is 4. The lowest BCUT2D eigenvalue weighted by molar-refractivity contribution is -0.161. The maximum absolute atomic E-state index is 12.4. The number of phosphoric acid groups is 1. The highest BCUT2D eigenvalue weighted by atomic mass is 31.2. The molecule has 0 fully saturated rings. The van der Waals surface area contributed by atoms with Crippen molar-refractivity contribution in [1.82, 2.24) is 0 Å². The van der Waals surface area contributed by atoms with E-state index in [-0.39, 0.29) is 25.7 Å². The smallest absolute Gasteiger partial charge is 0.462 e. The number of unbranched alkanes of at least 4 members (excludes halogenated alkanes) is 16. The van der Waals surface area contributed by atoms with E-state index >= 15 is 0 Å². The molecule has 11 heteroatoms. The molecule has 0 aromatic carbocycles. The number of aliphatic hydroxyl groups excluding tert-OH is 2. The largest absolute Gasteiger partial charge is 0.469 e. The summed E-state index contributed by atoms with van der Waals surface area (Å²) in [5, 5.41) is 20.5. The van der Waals surface area contributed by atoms with E-state index in [0.29, 0.717) is 12.8 Å². The lowest BCUT2D eigenvalue weighted by Gasteiger charge is -2.19. The minimum absolute atomic E-state index is 0.0455. The molecule has 0 bridgehead atoms. The Hall–Kier alpha value is -1.81. The fraction of sp³-hybridized carbons (Fsp3) is 0.814. The summed E-state index contributed by atoms with van der Waals surface area (Å²) >= 11 is 0. The zero-order chi connectivity index (χ0) is 40.1. The van der Waals surface area contributed by atoms with E-state index in [0.717, 1.165) is 44.4 Å². The predicted molar refractivity (Wildman–Crippen MR) is 219 cm³/mol. The molecular weight excluding hydrogens is 707 g/mol.